The van der Waals surface area contributed by atoms with Gasteiger partial charge in [-0.25, -0.2) is 17.6 Å². The number of thiophene rings is 1. The van der Waals surface area contributed by atoms with Crippen LogP contribution in [-0.2, 0) is 53.1 Å². The van der Waals surface area contributed by atoms with Gasteiger partial charge < -0.3 is 19.4 Å². The molecule has 1 N–H and O–H groups in total. The molecule has 0 radical (unpaired) electrons. The summed E-state index contributed by atoms with van der Waals surface area (Å²) in [7, 11) is -3.09. The van der Waals surface area contributed by atoms with Crippen LogP contribution in [0, 0.1) is 5.82 Å². The molecule has 4 rings (SSSR count). The number of aryl methyl sites for hydroxylation is 1. The first-order valence-electron chi connectivity index (χ1n) is 12.3. The van der Waals surface area contributed by atoms with Crippen LogP contribution in [0.2, 0.25) is 0 Å². The van der Waals surface area contributed by atoms with E-state index in [0.29, 0.717) is 16.6 Å². The summed E-state index contributed by atoms with van der Waals surface area (Å²) in [6, 6.07) is 3.78. The lowest BCUT2D eigenvalue weighted by molar-refractivity contribution is -0.141. The fraction of sp³-hybridized carbons (Fsp3) is 0.400. The molecule has 0 spiro atoms. The Hall–Kier alpha value is -3.43. The number of carbonyl (C=O) groups excluding carboxylic acids is 4. The Labute approximate surface area is 236 Å². The molecule has 0 atom stereocenters. The number of methoxy groups -OCH3 is 1. The fourth-order valence-corrected chi connectivity index (χ4v) is 7.67. The smallest absolute Gasteiger partial charge is 0.341 e. The molecular weight excluding hydrogens is 585 g/mol. The fourth-order valence-electron chi connectivity index (χ4n) is 4.29. The number of nitrogens with zero attached hydrogens (tertiary/aromatic N) is 2. The predicted octanol–water partition coefficient (Wildman–Crippen LogP) is 2.61. The van der Waals surface area contributed by atoms with E-state index < -0.39 is 50.9 Å². The van der Waals surface area contributed by atoms with Crippen molar-refractivity contribution in [2.45, 2.75) is 39.2 Å². The number of benzene rings is 1. The Bertz CT molecular complexity index is 1670. The van der Waals surface area contributed by atoms with Crippen molar-refractivity contribution in [3.63, 3.8) is 0 Å². The van der Waals surface area contributed by atoms with Gasteiger partial charge in [-0.3, -0.25) is 14.4 Å². The van der Waals surface area contributed by atoms with Crippen LogP contribution in [0.15, 0.2) is 23.2 Å². The summed E-state index contributed by atoms with van der Waals surface area (Å²) < 4.78 is 50.7. The number of hydrogen-bond donors (Lipinski definition) is 1. The Balaban J connectivity index is 1.52. The van der Waals surface area contributed by atoms with Crippen molar-refractivity contribution >= 4 is 71.5 Å². The minimum Gasteiger partial charge on any atom is -0.468 e. The van der Waals surface area contributed by atoms with Gasteiger partial charge in [0.1, 0.15) is 28.9 Å². The predicted molar refractivity (Wildman–Crippen MR) is 147 cm³/mol. The third-order valence-electron chi connectivity index (χ3n) is 5.98. The van der Waals surface area contributed by atoms with Crippen molar-refractivity contribution in [3.05, 3.63) is 44.8 Å². The second kappa shape index (κ2) is 12.4. The Kier molecular flexibility index (Phi) is 9.15. The molecule has 0 unspecified atom stereocenters. The zero-order chi connectivity index (χ0) is 29.0. The Morgan fingerprint density at radius 3 is 2.60 bits per heavy atom. The van der Waals surface area contributed by atoms with E-state index >= 15 is 0 Å². The minimum absolute atomic E-state index is 0.0288. The molecule has 1 aliphatic carbocycles. The van der Waals surface area contributed by atoms with Crippen LogP contribution >= 0.6 is 22.7 Å². The number of fused-ring (bicyclic) bond motifs is 2. The molecule has 0 bridgehead atoms. The number of carbonyl (C=O) groups is 4. The number of halogens is 1. The van der Waals surface area contributed by atoms with Gasteiger partial charge in [0, 0.05) is 4.88 Å². The normalized spacial score (nSPS) is 13.6. The lowest BCUT2D eigenvalue weighted by atomic mass is 9.95. The van der Waals surface area contributed by atoms with Gasteiger partial charge in [0.2, 0.25) is 5.91 Å². The van der Waals surface area contributed by atoms with Crippen LogP contribution in [0.4, 0.5) is 9.39 Å². The second-order valence-corrected chi connectivity index (χ2v) is 13.1. The summed E-state index contributed by atoms with van der Waals surface area (Å²) in [6.07, 6.45) is 3.23. The molecule has 0 saturated heterocycles. The molecule has 1 aromatic carbocycles. The van der Waals surface area contributed by atoms with Gasteiger partial charge in [0.25, 0.3) is 5.91 Å². The molecule has 2 aromatic heterocycles. The Morgan fingerprint density at radius 2 is 1.88 bits per heavy atom. The summed E-state index contributed by atoms with van der Waals surface area (Å²) in [5, 5.41) is 2.74. The number of nitrogens with one attached hydrogen (secondary N) is 1. The van der Waals surface area contributed by atoms with Gasteiger partial charge in [0.05, 0.1) is 29.5 Å². The summed E-state index contributed by atoms with van der Waals surface area (Å²) in [5.74, 6) is -5.85. The summed E-state index contributed by atoms with van der Waals surface area (Å²) in [6.45, 7) is 1.47. The topological polar surface area (TPSA) is 150 Å². The molecule has 3 aromatic rings. The highest BCUT2D eigenvalue weighted by Crippen LogP contribution is 2.38. The molecule has 2 heterocycles. The average Bonchev–Trinajstić information content (AvgIpc) is 3.39. The number of esters is 2. The highest BCUT2D eigenvalue weighted by Gasteiger charge is 2.29. The molecule has 0 saturated carbocycles. The number of rotatable bonds is 9. The van der Waals surface area contributed by atoms with E-state index in [-0.39, 0.29) is 28.5 Å². The van der Waals surface area contributed by atoms with Crippen LogP contribution in [0.1, 0.15) is 40.6 Å². The second-order valence-electron chi connectivity index (χ2n) is 8.88. The highest BCUT2D eigenvalue weighted by atomic mass is 32.2. The van der Waals surface area contributed by atoms with Gasteiger partial charge in [-0.2, -0.15) is 4.99 Å². The number of ether oxygens (including phenoxy) is 2. The summed E-state index contributed by atoms with van der Waals surface area (Å²) in [4.78, 5) is 54.6. The summed E-state index contributed by atoms with van der Waals surface area (Å²) >= 11 is 2.11. The van der Waals surface area contributed by atoms with E-state index in [0.717, 1.165) is 41.0 Å². The van der Waals surface area contributed by atoms with E-state index in [2.05, 4.69) is 15.0 Å². The minimum atomic E-state index is -4.27. The van der Waals surface area contributed by atoms with Crippen LogP contribution < -0.4 is 10.1 Å². The molecule has 15 heteroatoms. The first-order chi connectivity index (χ1) is 19.0. The standard InChI is InChI=1S/C25H26FN3O8S3/c1-3-37-24(33)22-15-6-4-5-7-17(15)38-23(22)27-19(30)12-40(34,35)13-20(31)28-25-29(11-21(32)36-2)16-9-8-14(26)10-18(16)39-25/h8-10H,3-7,11-13H2,1-2H3,(H,27,30). The highest BCUT2D eigenvalue weighted by molar-refractivity contribution is 7.92. The SMILES string of the molecule is CCOC(=O)c1c(NC(=O)CS(=O)(=O)CC(=O)N=c2sc3cc(F)ccc3n2CC(=O)OC)sc2c1CCCC2. The lowest BCUT2D eigenvalue weighted by Crippen LogP contribution is -2.29. The lowest BCUT2D eigenvalue weighted by Gasteiger charge is -2.12. The molecule has 2 amide bonds. The van der Waals surface area contributed by atoms with E-state index in [9.17, 15) is 32.0 Å². The molecule has 11 nitrogen and oxygen atoms in total. The first kappa shape index (κ1) is 29.6. The van der Waals surface area contributed by atoms with E-state index in [1.807, 2.05) is 0 Å². The third kappa shape index (κ3) is 6.82. The van der Waals surface area contributed by atoms with Gasteiger partial charge >= 0.3 is 11.9 Å². The van der Waals surface area contributed by atoms with Crippen LogP contribution in [0.25, 0.3) is 10.2 Å². The maximum absolute atomic E-state index is 13.7. The van der Waals surface area contributed by atoms with Crippen molar-refractivity contribution in [3.8, 4) is 0 Å². The van der Waals surface area contributed by atoms with Gasteiger partial charge in [-0.1, -0.05) is 11.3 Å². The first-order valence-corrected chi connectivity index (χ1v) is 15.7. The molecule has 214 valence electrons. The van der Waals surface area contributed by atoms with E-state index in [4.69, 9.17) is 4.74 Å². The average molecular weight is 612 g/mol. The number of sulfone groups is 1. The van der Waals surface area contributed by atoms with Crippen LogP contribution in [0.5, 0.6) is 0 Å². The maximum Gasteiger partial charge on any atom is 0.341 e. The van der Waals surface area contributed by atoms with Gasteiger partial charge in [0.15, 0.2) is 14.6 Å². The molecule has 0 aliphatic heterocycles. The Morgan fingerprint density at radius 1 is 1.12 bits per heavy atom. The van der Waals surface area contributed by atoms with Crippen molar-refractivity contribution in [1.82, 2.24) is 4.57 Å². The number of aromatic nitrogens is 1. The number of thiazole rings is 1. The van der Waals surface area contributed by atoms with E-state index in [1.165, 1.54) is 41.2 Å². The van der Waals surface area contributed by atoms with Crippen molar-refractivity contribution in [1.29, 1.82) is 0 Å². The number of hydrogen-bond acceptors (Lipinski definition) is 10. The van der Waals surface area contributed by atoms with Crippen molar-refractivity contribution in [2.24, 2.45) is 4.99 Å². The number of anilines is 1. The van der Waals surface area contributed by atoms with Crippen LogP contribution in [0.3, 0.4) is 0 Å². The van der Waals surface area contributed by atoms with E-state index in [1.54, 1.807) is 6.92 Å². The van der Waals surface area contributed by atoms with Crippen LogP contribution in [-0.4, -0.2) is 62.0 Å². The molecule has 0 fully saturated rings. The quantitative estimate of drug-likeness (QED) is 0.363. The largest absolute Gasteiger partial charge is 0.468 e. The molecule has 40 heavy (non-hydrogen) atoms. The maximum atomic E-state index is 13.7. The number of amides is 2. The molecule has 1 aliphatic rings. The third-order valence-corrected chi connectivity index (χ3v) is 9.62. The molecular formula is C25H26FN3O8S3. The van der Waals surface area contributed by atoms with Gasteiger partial charge in [-0.05, 0) is 56.4 Å². The van der Waals surface area contributed by atoms with Crippen molar-refractivity contribution < 1.29 is 41.5 Å². The van der Waals surface area contributed by atoms with Gasteiger partial charge in [-0.15, -0.1) is 11.3 Å². The summed E-state index contributed by atoms with van der Waals surface area (Å²) in [5.41, 5.74) is 1.46. The monoisotopic (exact) mass is 611 g/mol. The zero-order valence-corrected chi connectivity index (χ0v) is 24.1. The van der Waals surface area contributed by atoms with Crippen molar-refractivity contribution in [2.75, 3.05) is 30.5 Å². The zero-order valence-electron chi connectivity index (χ0n) is 21.7.